The van der Waals surface area contributed by atoms with Gasteiger partial charge in [-0.2, -0.15) is 0 Å². The highest BCUT2D eigenvalue weighted by Crippen LogP contribution is 2.30. The Morgan fingerprint density at radius 3 is 2.81 bits per heavy atom. The van der Waals surface area contributed by atoms with E-state index in [1.54, 1.807) is 0 Å². The molecule has 0 atom stereocenters. The second-order valence-corrected chi connectivity index (χ2v) is 7.30. The number of nitrogens with one attached hydrogen (secondary N) is 2. The van der Waals surface area contributed by atoms with Crippen molar-refractivity contribution in [1.29, 1.82) is 0 Å². The molecule has 0 aliphatic carbocycles. The Kier molecular flexibility index (Phi) is 5.68. The van der Waals surface area contributed by atoms with E-state index in [2.05, 4.69) is 29.5 Å². The molecule has 2 heterocycles. The van der Waals surface area contributed by atoms with Gasteiger partial charge in [0.25, 0.3) is 0 Å². The summed E-state index contributed by atoms with van der Waals surface area (Å²) in [6.07, 6.45) is 1.24. The fourth-order valence-electron chi connectivity index (χ4n) is 2.40. The van der Waals surface area contributed by atoms with Gasteiger partial charge >= 0.3 is 0 Å². The minimum Gasteiger partial charge on any atom is -0.454 e. The largest absolute Gasteiger partial charge is 0.454 e. The summed E-state index contributed by atoms with van der Waals surface area (Å²) < 4.78 is 5.77. The van der Waals surface area contributed by atoms with Crippen molar-refractivity contribution in [3.8, 4) is 11.5 Å². The van der Waals surface area contributed by atoms with Gasteiger partial charge in [-0.15, -0.1) is 11.3 Å². The molecule has 6 nitrogen and oxygen atoms in total. The topological polar surface area (TPSA) is 84.2 Å². The van der Waals surface area contributed by atoms with Crippen LogP contribution in [0.5, 0.6) is 0 Å². The first-order valence-corrected chi connectivity index (χ1v) is 9.40. The SMILES string of the molecule is CC(C)CCC(=O)NCC(=O)Nc1nc(-c2cc3ccccc3o2)cs1. The van der Waals surface area contributed by atoms with Crippen molar-refractivity contribution in [3.63, 3.8) is 0 Å². The van der Waals surface area contributed by atoms with Crippen molar-refractivity contribution in [2.75, 3.05) is 11.9 Å². The average molecular weight is 371 g/mol. The quantitative estimate of drug-likeness (QED) is 0.656. The van der Waals surface area contributed by atoms with Crippen LogP contribution in [0.15, 0.2) is 40.1 Å². The lowest BCUT2D eigenvalue weighted by atomic mass is 10.1. The van der Waals surface area contributed by atoms with Crippen LogP contribution in [-0.2, 0) is 9.59 Å². The molecular weight excluding hydrogens is 350 g/mol. The molecule has 0 unspecified atom stereocenters. The number of nitrogens with zero attached hydrogens (tertiary/aromatic N) is 1. The first kappa shape index (κ1) is 18.1. The van der Waals surface area contributed by atoms with Crippen molar-refractivity contribution < 1.29 is 14.0 Å². The van der Waals surface area contributed by atoms with Crippen molar-refractivity contribution >= 4 is 39.3 Å². The zero-order chi connectivity index (χ0) is 18.5. The molecule has 0 aliphatic heterocycles. The number of thiazole rings is 1. The molecule has 2 aromatic heterocycles. The third-order valence-electron chi connectivity index (χ3n) is 3.82. The third kappa shape index (κ3) is 4.70. The monoisotopic (exact) mass is 371 g/mol. The number of para-hydroxylation sites is 1. The molecule has 0 saturated carbocycles. The van der Waals surface area contributed by atoms with Crippen molar-refractivity contribution in [1.82, 2.24) is 10.3 Å². The van der Waals surface area contributed by atoms with E-state index in [-0.39, 0.29) is 18.4 Å². The van der Waals surface area contributed by atoms with Gasteiger partial charge in [-0.25, -0.2) is 4.98 Å². The van der Waals surface area contributed by atoms with Gasteiger partial charge in [-0.05, 0) is 24.5 Å². The Labute approximate surface area is 155 Å². The molecule has 0 spiro atoms. The van der Waals surface area contributed by atoms with Crippen molar-refractivity contribution in [2.45, 2.75) is 26.7 Å². The maximum absolute atomic E-state index is 12.0. The zero-order valence-electron chi connectivity index (χ0n) is 14.7. The van der Waals surface area contributed by atoms with Crippen LogP contribution in [0.2, 0.25) is 0 Å². The Balaban J connectivity index is 1.54. The van der Waals surface area contributed by atoms with E-state index in [9.17, 15) is 9.59 Å². The maximum atomic E-state index is 12.0. The number of hydrogen-bond acceptors (Lipinski definition) is 5. The standard InChI is InChI=1S/C19H21N3O3S/c1-12(2)7-8-17(23)20-10-18(24)22-19-21-14(11-26-19)16-9-13-5-3-4-6-15(13)25-16/h3-6,9,11-12H,7-8,10H2,1-2H3,(H,20,23)(H,21,22,24). The highest BCUT2D eigenvalue weighted by Gasteiger charge is 2.12. The lowest BCUT2D eigenvalue weighted by Gasteiger charge is -2.06. The zero-order valence-corrected chi connectivity index (χ0v) is 15.6. The summed E-state index contributed by atoms with van der Waals surface area (Å²) >= 11 is 1.32. The number of anilines is 1. The summed E-state index contributed by atoms with van der Waals surface area (Å²) in [5.74, 6) is 0.704. The highest BCUT2D eigenvalue weighted by atomic mass is 32.1. The number of carbonyl (C=O) groups excluding carboxylic acids is 2. The van der Waals surface area contributed by atoms with Crippen LogP contribution in [-0.4, -0.2) is 23.3 Å². The van der Waals surface area contributed by atoms with Gasteiger partial charge in [0.2, 0.25) is 11.8 Å². The number of benzene rings is 1. The number of aromatic nitrogens is 1. The van der Waals surface area contributed by atoms with E-state index in [1.165, 1.54) is 11.3 Å². The molecule has 7 heteroatoms. The Bertz CT molecular complexity index is 881. The molecule has 0 fully saturated rings. The molecule has 3 rings (SSSR count). The average Bonchev–Trinajstić information content (AvgIpc) is 3.24. The second-order valence-electron chi connectivity index (χ2n) is 6.44. The molecule has 3 aromatic rings. The van der Waals surface area contributed by atoms with E-state index in [0.29, 0.717) is 28.9 Å². The summed E-state index contributed by atoms with van der Waals surface area (Å²) in [5.41, 5.74) is 1.47. The number of carbonyl (C=O) groups is 2. The van der Waals surface area contributed by atoms with Crippen LogP contribution < -0.4 is 10.6 Å². The van der Waals surface area contributed by atoms with Crippen LogP contribution in [0.3, 0.4) is 0 Å². The van der Waals surface area contributed by atoms with Gasteiger partial charge in [0, 0.05) is 17.2 Å². The first-order chi connectivity index (χ1) is 12.5. The predicted molar refractivity (Wildman–Crippen MR) is 103 cm³/mol. The number of furan rings is 1. The predicted octanol–water partition coefficient (Wildman–Crippen LogP) is 4.05. The van der Waals surface area contributed by atoms with Gasteiger partial charge in [-0.1, -0.05) is 32.0 Å². The summed E-state index contributed by atoms with van der Waals surface area (Å²) in [6.45, 7) is 4.06. The summed E-state index contributed by atoms with van der Waals surface area (Å²) in [4.78, 5) is 28.0. The molecule has 0 bridgehead atoms. The Morgan fingerprint density at radius 2 is 2.04 bits per heavy atom. The van der Waals surface area contributed by atoms with Crippen LogP contribution >= 0.6 is 11.3 Å². The molecule has 1 aromatic carbocycles. The van der Waals surface area contributed by atoms with E-state index < -0.39 is 0 Å². The van der Waals surface area contributed by atoms with Crippen LogP contribution in [0.1, 0.15) is 26.7 Å². The van der Waals surface area contributed by atoms with Crippen LogP contribution in [0, 0.1) is 5.92 Å². The smallest absolute Gasteiger partial charge is 0.245 e. The molecule has 0 aliphatic rings. The molecule has 136 valence electrons. The lowest BCUT2D eigenvalue weighted by Crippen LogP contribution is -2.32. The fourth-order valence-corrected chi connectivity index (χ4v) is 3.12. The molecule has 0 radical (unpaired) electrons. The molecule has 0 saturated heterocycles. The second kappa shape index (κ2) is 8.14. The number of hydrogen-bond donors (Lipinski definition) is 2. The molecule has 26 heavy (non-hydrogen) atoms. The third-order valence-corrected chi connectivity index (χ3v) is 4.58. The van der Waals surface area contributed by atoms with Gasteiger partial charge < -0.3 is 15.1 Å². The number of rotatable bonds is 7. The number of amides is 2. The van der Waals surface area contributed by atoms with Gasteiger partial charge in [0.15, 0.2) is 10.9 Å². The van der Waals surface area contributed by atoms with Gasteiger partial charge in [0.05, 0.1) is 6.54 Å². The fraction of sp³-hybridized carbons (Fsp3) is 0.316. The van der Waals surface area contributed by atoms with Gasteiger partial charge in [-0.3, -0.25) is 9.59 Å². The van der Waals surface area contributed by atoms with E-state index in [4.69, 9.17) is 4.42 Å². The maximum Gasteiger partial charge on any atom is 0.245 e. The molecular formula is C19H21N3O3S. The Morgan fingerprint density at radius 1 is 1.23 bits per heavy atom. The Hall–Kier alpha value is -2.67. The van der Waals surface area contributed by atoms with E-state index in [1.807, 2.05) is 35.7 Å². The first-order valence-electron chi connectivity index (χ1n) is 8.52. The van der Waals surface area contributed by atoms with Crippen molar-refractivity contribution in [2.24, 2.45) is 5.92 Å². The highest BCUT2D eigenvalue weighted by molar-refractivity contribution is 7.14. The van der Waals surface area contributed by atoms with E-state index in [0.717, 1.165) is 17.4 Å². The molecule has 2 amide bonds. The van der Waals surface area contributed by atoms with Gasteiger partial charge in [0.1, 0.15) is 11.3 Å². The normalized spacial score (nSPS) is 11.0. The summed E-state index contributed by atoms with van der Waals surface area (Å²) in [7, 11) is 0. The van der Waals surface area contributed by atoms with Crippen LogP contribution in [0.25, 0.3) is 22.4 Å². The lowest BCUT2D eigenvalue weighted by molar-refractivity contribution is -0.124. The summed E-state index contributed by atoms with van der Waals surface area (Å²) in [6, 6.07) is 9.65. The molecule has 2 N–H and O–H groups in total. The van der Waals surface area contributed by atoms with Crippen molar-refractivity contribution in [3.05, 3.63) is 35.7 Å². The minimum atomic E-state index is -0.298. The minimum absolute atomic E-state index is 0.0590. The summed E-state index contributed by atoms with van der Waals surface area (Å²) in [5, 5.41) is 8.63. The van der Waals surface area contributed by atoms with E-state index >= 15 is 0 Å². The number of fused-ring (bicyclic) bond motifs is 1. The van der Waals surface area contributed by atoms with Crippen LogP contribution in [0.4, 0.5) is 5.13 Å².